The Hall–Kier alpha value is -2.04. The molecular weight excluding hydrogens is 232 g/mol. The van der Waals surface area contributed by atoms with Crippen LogP contribution in [0.2, 0.25) is 0 Å². The number of anilines is 1. The summed E-state index contributed by atoms with van der Waals surface area (Å²) >= 11 is 0. The van der Waals surface area contributed by atoms with Gasteiger partial charge in [0.15, 0.2) is 0 Å². The summed E-state index contributed by atoms with van der Waals surface area (Å²) in [5.41, 5.74) is -0.543. The average molecular weight is 250 g/mol. The predicted molar refractivity (Wildman–Crippen MR) is 69.7 cm³/mol. The van der Waals surface area contributed by atoms with E-state index in [0.29, 0.717) is 12.1 Å². The van der Waals surface area contributed by atoms with E-state index >= 15 is 0 Å². The number of carbonyl (C=O) groups excluding carboxylic acids is 1. The van der Waals surface area contributed by atoms with Gasteiger partial charge in [-0.1, -0.05) is 25.1 Å². The normalized spacial score (nSPS) is 13.5. The second-order valence-electron chi connectivity index (χ2n) is 4.32. The monoisotopic (exact) mass is 250 g/mol. The van der Waals surface area contributed by atoms with Crippen molar-refractivity contribution in [1.29, 1.82) is 0 Å². The third kappa shape index (κ3) is 3.00. The van der Waals surface area contributed by atoms with Gasteiger partial charge in [-0.05, 0) is 25.5 Å². The van der Waals surface area contributed by atoms with Crippen molar-refractivity contribution in [3.8, 4) is 0 Å². The van der Waals surface area contributed by atoms with Gasteiger partial charge in [0.05, 0.1) is 0 Å². The van der Waals surface area contributed by atoms with Crippen molar-refractivity contribution in [1.82, 2.24) is 5.32 Å². The molecule has 0 aliphatic rings. The standard InChI is InChI=1S/C13H18N2O3/c1-4-13(2,11(16)17)14-12(18)15(3)10-8-6-5-7-9-10/h5-9H,4H2,1-3H3,(H,14,18)(H,16,17). The van der Waals surface area contributed by atoms with E-state index in [0.717, 1.165) is 0 Å². The molecule has 18 heavy (non-hydrogen) atoms. The number of carboxylic acids is 1. The fourth-order valence-corrected chi connectivity index (χ4v) is 1.38. The lowest BCUT2D eigenvalue weighted by atomic mass is 10.00. The summed E-state index contributed by atoms with van der Waals surface area (Å²) in [6.45, 7) is 3.21. The highest BCUT2D eigenvalue weighted by molar-refractivity contribution is 5.95. The Morgan fingerprint density at radius 1 is 1.33 bits per heavy atom. The van der Waals surface area contributed by atoms with Crippen molar-refractivity contribution in [2.75, 3.05) is 11.9 Å². The van der Waals surface area contributed by atoms with Crippen molar-refractivity contribution in [2.45, 2.75) is 25.8 Å². The molecule has 1 rings (SSSR count). The summed E-state index contributed by atoms with van der Waals surface area (Å²) in [5.74, 6) is -1.04. The minimum Gasteiger partial charge on any atom is -0.480 e. The molecule has 0 aliphatic carbocycles. The first kappa shape index (κ1) is 14.0. The van der Waals surface area contributed by atoms with Gasteiger partial charge < -0.3 is 10.4 Å². The molecule has 1 aromatic carbocycles. The van der Waals surface area contributed by atoms with Crippen molar-refractivity contribution in [3.63, 3.8) is 0 Å². The summed E-state index contributed by atoms with van der Waals surface area (Å²) in [6, 6.07) is 8.61. The van der Waals surface area contributed by atoms with Gasteiger partial charge in [-0.25, -0.2) is 9.59 Å². The number of hydrogen-bond acceptors (Lipinski definition) is 2. The van der Waals surface area contributed by atoms with E-state index in [9.17, 15) is 9.59 Å². The second kappa shape index (κ2) is 5.53. The summed E-state index contributed by atoms with van der Waals surface area (Å²) in [7, 11) is 1.60. The molecule has 0 saturated heterocycles. The maximum absolute atomic E-state index is 12.0. The molecule has 98 valence electrons. The molecule has 0 fully saturated rings. The largest absolute Gasteiger partial charge is 0.480 e. The fourth-order valence-electron chi connectivity index (χ4n) is 1.38. The molecule has 2 amide bonds. The second-order valence-corrected chi connectivity index (χ2v) is 4.32. The minimum atomic E-state index is -1.25. The number of benzene rings is 1. The molecule has 1 aromatic rings. The molecule has 0 bridgehead atoms. The first-order valence-electron chi connectivity index (χ1n) is 5.75. The van der Waals surface area contributed by atoms with Gasteiger partial charge in [0.1, 0.15) is 5.54 Å². The Morgan fingerprint density at radius 3 is 2.33 bits per heavy atom. The molecule has 2 N–H and O–H groups in total. The highest BCUT2D eigenvalue weighted by atomic mass is 16.4. The SMILES string of the molecule is CCC(C)(NC(=O)N(C)c1ccccc1)C(=O)O. The van der Waals surface area contributed by atoms with Gasteiger partial charge in [-0.2, -0.15) is 0 Å². The highest BCUT2D eigenvalue weighted by Gasteiger charge is 2.33. The molecule has 0 saturated carbocycles. The molecular formula is C13H18N2O3. The number of urea groups is 1. The maximum atomic E-state index is 12.0. The van der Waals surface area contributed by atoms with Crippen molar-refractivity contribution < 1.29 is 14.7 Å². The Kier molecular flexibility index (Phi) is 4.31. The number of para-hydroxylation sites is 1. The molecule has 5 heteroatoms. The van der Waals surface area contributed by atoms with Gasteiger partial charge >= 0.3 is 12.0 Å². The Morgan fingerprint density at radius 2 is 1.89 bits per heavy atom. The molecule has 1 unspecified atom stereocenters. The molecule has 0 radical (unpaired) electrons. The minimum absolute atomic E-state index is 0.316. The molecule has 5 nitrogen and oxygen atoms in total. The van der Waals surface area contributed by atoms with E-state index in [2.05, 4.69) is 5.32 Å². The van der Waals surface area contributed by atoms with Crippen LogP contribution < -0.4 is 10.2 Å². The van der Waals surface area contributed by atoms with Crippen LogP contribution in [0.15, 0.2) is 30.3 Å². The third-order valence-electron chi connectivity index (χ3n) is 3.01. The molecule has 0 aliphatic heterocycles. The molecule has 1 atom stereocenters. The maximum Gasteiger partial charge on any atom is 0.329 e. The predicted octanol–water partition coefficient (Wildman–Crippen LogP) is 2.09. The number of rotatable bonds is 4. The van der Waals surface area contributed by atoms with Crippen LogP contribution in [0.4, 0.5) is 10.5 Å². The Labute approximate surface area is 106 Å². The highest BCUT2D eigenvalue weighted by Crippen LogP contribution is 2.14. The lowest BCUT2D eigenvalue weighted by Crippen LogP contribution is -2.55. The van der Waals surface area contributed by atoms with Crippen LogP contribution in [0, 0.1) is 0 Å². The van der Waals surface area contributed by atoms with Gasteiger partial charge in [-0.3, -0.25) is 4.90 Å². The number of nitrogens with zero attached hydrogens (tertiary/aromatic N) is 1. The zero-order valence-electron chi connectivity index (χ0n) is 10.8. The van der Waals surface area contributed by atoms with Crippen LogP contribution in [0.25, 0.3) is 0 Å². The zero-order valence-corrected chi connectivity index (χ0v) is 10.8. The molecule has 0 aromatic heterocycles. The van der Waals surface area contributed by atoms with Crippen LogP contribution in [0.5, 0.6) is 0 Å². The van der Waals surface area contributed by atoms with E-state index < -0.39 is 17.5 Å². The smallest absolute Gasteiger partial charge is 0.329 e. The number of aliphatic carboxylic acids is 1. The van der Waals surface area contributed by atoms with Crippen LogP contribution in [-0.2, 0) is 4.79 Å². The number of carboxylic acid groups (broad SMARTS) is 1. The summed E-state index contributed by atoms with van der Waals surface area (Å²) in [4.78, 5) is 24.5. The van der Waals surface area contributed by atoms with Gasteiger partial charge in [0.2, 0.25) is 0 Å². The lowest BCUT2D eigenvalue weighted by Gasteiger charge is -2.28. The lowest BCUT2D eigenvalue weighted by molar-refractivity contribution is -0.143. The van der Waals surface area contributed by atoms with E-state index in [1.54, 1.807) is 26.1 Å². The Balaban J connectivity index is 2.80. The Bertz CT molecular complexity index is 433. The van der Waals surface area contributed by atoms with E-state index in [1.807, 2.05) is 18.2 Å². The van der Waals surface area contributed by atoms with Crippen LogP contribution in [0.1, 0.15) is 20.3 Å². The van der Waals surface area contributed by atoms with Crippen molar-refractivity contribution >= 4 is 17.7 Å². The van der Waals surface area contributed by atoms with E-state index in [1.165, 1.54) is 11.8 Å². The van der Waals surface area contributed by atoms with E-state index in [4.69, 9.17) is 5.11 Å². The summed E-state index contributed by atoms with van der Waals surface area (Å²) in [5, 5.41) is 11.6. The molecule has 0 heterocycles. The number of carbonyl (C=O) groups is 2. The fraction of sp³-hybridized carbons (Fsp3) is 0.385. The van der Waals surface area contributed by atoms with Crippen LogP contribution >= 0.6 is 0 Å². The van der Waals surface area contributed by atoms with Crippen LogP contribution in [0.3, 0.4) is 0 Å². The van der Waals surface area contributed by atoms with Crippen molar-refractivity contribution in [2.24, 2.45) is 0 Å². The van der Waals surface area contributed by atoms with Crippen molar-refractivity contribution in [3.05, 3.63) is 30.3 Å². The first-order valence-corrected chi connectivity index (χ1v) is 5.75. The quantitative estimate of drug-likeness (QED) is 0.859. The molecule has 0 spiro atoms. The third-order valence-corrected chi connectivity index (χ3v) is 3.01. The van der Waals surface area contributed by atoms with E-state index in [-0.39, 0.29) is 0 Å². The number of amides is 2. The number of hydrogen-bond donors (Lipinski definition) is 2. The summed E-state index contributed by atoms with van der Waals surface area (Å²) < 4.78 is 0. The number of nitrogens with one attached hydrogen (secondary N) is 1. The van der Waals surface area contributed by atoms with Gasteiger partial charge in [0, 0.05) is 12.7 Å². The zero-order chi connectivity index (χ0) is 13.8. The van der Waals surface area contributed by atoms with Crippen LogP contribution in [-0.4, -0.2) is 29.7 Å². The first-order chi connectivity index (χ1) is 8.40. The van der Waals surface area contributed by atoms with Gasteiger partial charge in [-0.15, -0.1) is 0 Å². The van der Waals surface area contributed by atoms with Gasteiger partial charge in [0.25, 0.3) is 0 Å². The topological polar surface area (TPSA) is 69.6 Å². The average Bonchev–Trinajstić information content (AvgIpc) is 2.38. The summed E-state index contributed by atoms with van der Waals surface area (Å²) in [6.07, 6.45) is 0.316.